The van der Waals surface area contributed by atoms with Crippen LogP contribution in [0.25, 0.3) is 0 Å². The van der Waals surface area contributed by atoms with Crippen molar-refractivity contribution in [1.82, 2.24) is 9.62 Å². The lowest BCUT2D eigenvalue weighted by molar-refractivity contribution is -0.274. The molecule has 0 saturated carbocycles. The van der Waals surface area contributed by atoms with Crippen LogP contribution in [0.4, 0.5) is 18.9 Å². The van der Waals surface area contributed by atoms with Gasteiger partial charge in [0, 0.05) is 45.3 Å². The molecule has 0 spiro atoms. The van der Waals surface area contributed by atoms with Crippen molar-refractivity contribution in [2.75, 3.05) is 31.6 Å². The number of halogens is 3. The van der Waals surface area contributed by atoms with Crippen LogP contribution in [0.3, 0.4) is 0 Å². The maximum Gasteiger partial charge on any atom is 0.573 e. The molecule has 1 N–H and O–H groups in total. The number of ether oxygens (including phenoxy) is 1. The molecule has 2 aromatic carbocycles. The fourth-order valence-electron chi connectivity index (χ4n) is 3.64. The molecule has 11 heteroatoms. The Bertz CT molecular complexity index is 1050. The minimum atomic E-state index is -4.86. The molecule has 180 valence electrons. The van der Waals surface area contributed by atoms with Crippen molar-refractivity contribution in [2.24, 2.45) is 0 Å². The Kier molecular flexibility index (Phi) is 7.85. The molecule has 0 radical (unpaired) electrons. The van der Waals surface area contributed by atoms with Crippen molar-refractivity contribution >= 4 is 21.6 Å². The van der Waals surface area contributed by atoms with Gasteiger partial charge >= 0.3 is 6.36 Å². The first-order chi connectivity index (χ1) is 15.5. The van der Waals surface area contributed by atoms with Crippen molar-refractivity contribution in [3.8, 4) is 5.75 Å². The number of nitrogens with one attached hydrogen (secondary N) is 1. The maximum atomic E-state index is 12.5. The van der Waals surface area contributed by atoms with Crippen LogP contribution in [0.5, 0.6) is 5.75 Å². The number of alkyl halides is 3. The summed E-state index contributed by atoms with van der Waals surface area (Å²) in [5.74, 6) is -0.754. The third-order valence-corrected chi connectivity index (χ3v) is 6.75. The van der Waals surface area contributed by atoms with Crippen molar-refractivity contribution in [3.63, 3.8) is 0 Å². The van der Waals surface area contributed by atoms with Crippen LogP contribution in [0.1, 0.15) is 24.8 Å². The van der Waals surface area contributed by atoms with Gasteiger partial charge in [0.05, 0.1) is 4.90 Å². The molecule has 33 heavy (non-hydrogen) atoms. The number of carbonyl (C=O) groups excluding carboxylic acids is 1. The Morgan fingerprint density at radius 1 is 1.09 bits per heavy atom. The van der Waals surface area contributed by atoms with E-state index in [1.807, 2.05) is 24.3 Å². The summed E-state index contributed by atoms with van der Waals surface area (Å²) in [6.07, 6.45) is -2.64. The Labute approximate surface area is 191 Å². The molecule has 0 bridgehead atoms. The Morgan fingerprint density at radius 2 is 1.73 bits per heavy atom. The van der Waals surface area contributed by atoms with Crippen molar-refractivity contribution in [3.05, 3.63) is 54.1 Å². The summed E-state index contributed by atoms with van der Waals surface area (Å²) in [5.41, 5.74) is 2.13. The molecular weight excluding hydrogens is 459 g/mol. The quantitative estimate of drug-likeness (QED) is 0.588. The van der Waals surface area contributed by atoms with Gasteiger partial charge in [-0.05, 0) is 48.7 Å². The van der Waals surface area contributed by atoms with Gasteiger partial charge in [-0.3, -0.25) is 4.79 Å². The highest BCUT2D eigenvalue weighted by atomic mass is 32.2. The summed E-state index contributed by atoms with van der Waals surface area (Å²) in [5, 5.41) is 0. The Balaban J connectivity index is 1.52. The van der Waals surface area contributed by atoms with E-state index in [0.717, 1.165) is 61.4 Å². The van der Waals surface area contributed by atoms with Crippen LogP contribution in [-0.4, -0.2) is 52.3 Å². The van der Waals surface area contributed by atoms with Gasteiger partial charge in [-0.15, -0.1) is 13.2 Å². The van der Waals surface area contributed by atoms with E-state index in [0.29, 0.717) is 6.54 Å². The third-order valence-electron chi connectivity index (χ3n) is 5.27. The molecular formula is C22H26F3N3O4S. The zero-order chi connectivity index (χ0) is 24.1. The van der Waals surface area contributed by atoms with Crippen LogP contribution in [0.2, 0.25) is 0 Å². The van der Waals surface area contributed by atoms with E-state index < -0.39 is 22.1 Å². The van der Waals surface area contributed by atoms with Crippen LogP contribution in [-0.2, 0) is 21.4 Å². The maximum absolute atomic E-state index is 12.5. The Hall–Kier alpha value is -2.79. The van der Waals surface area contributed by atoms with Crippen molar-refractivity contribution < 1.29 is 31.1 Å². The van der Waals surface area contributed by atoms with Crippen LogP contribution in [0.15, 0.2) is 53.4 Å². The number of benzene rings is 2. The molecule has 1 aliphatic rings. The normalized spacial score (nSPS) is 14.4. The number of hydrogen-bond donors (Lipinski definition) is 1. The van der Waals surface area contributed by atoms with Gasteiger partial charge in [-0.25, -0.2) is 13.1 Å². The van der Waals surface area contributed by atoms with Gasteiger partial charge in [-0.2, -0.15) is 0 Å². The van der Waals surface area contributed by atoms with E-state index in [4.69, 9.17) is 0 Å². The minimum absolute atomic E-state index is 0.0587. The lowest BCUT2D eigenvalue weighted by atomic mass is 10.1. The molecule has 1 heterocycles. The second-order valence-electron chi connectivity index (χ2n) is 7.74. The fourth-order valence-corrected chi connectivity index (χ4v) is 4.67. The number of amides is 1. The molecule has 3 rings (SSSR count). The van der Waals surface area contributed by atoms with E-state index in [9.17, 15) is 26.4 Å². The number of sulfonamides is 1. The first kappa shape index (κ1) is 24.8. The van der Waals surface area contributed by atoms with Gasteiger partial charge in [0.25, 0.3) is 0 Å². The first-order valence-electron chi connectivity index (χ1n) is 10.5. The third kappa shape index (κ3) is 7.10. The monoisotopic (exact) mass is 485 g/mol. The largest absolute Gasteiger partial charge is 0.573 e. The highest BCUT2D eigenvalue weighted by Crippen LogP contribution is 2.26. The second kappa shape index (κ2) is 10.4. The molecule has 0 atom stereocenters. The lowest BCUT2D eigenvalue weighted by Crippen LogP contribution is -2.32. The van der Waals surface area contributed by atoms with Gasteiger partial charge in [0.2, 0.25) is 15.9 Å². The number of nitrogens with zero attached hydrogens (tertiary/aromatic N) is 2. The molecule has 0 aliphatic carbocycles. The predicted octanol–water partition coefficient (Wildman–Crippen LogP) is 3.51. The number of carbonyl (C=O) groups is 1. The first-order valence-corrected chi connectivity index (χ1v) is 12.0. The summed E-state index contributed by atoms with van der Waals surface area (Å²) >= 11 is 0. The van der Waals surface area contributed by atoms with Crippen molar-refractivity contribution in [2.45, 2.75) is 37.1 Å². The number of anilines is 1. The Morgan fingerprint density at radius 3 is 2.36 bits per heavy atom. The lowest BCUT2D eigenvalue weighted by Gasteiger charge is -2.24. The molecule has 1 aliphatic heterocycles. The molecule has 7 nitrogen and oxygen atoms in total. The van der Waals surface area contributed by atoms with Gasteiger partial charge in [-0.1, -0.05) is 18.2 Å². The molecule has 2 aromatic rings. The minimum Gasteiger partial charge on any atom is -0.406 e. The highest BCUT2D eigenvalue weighted by molar-refractivity contribution is 7.89. The molecule has 1 saturated heterocycles. The standard InChI is InChI=1S/C22H26F3N3O4S/c1-27(16-17-6-2-3-7-20(17)28-14-4-5-15-28)21(29)12-13-26-33(30,31)19-10-8-18(9-11-19)32-22(23,24)25/h2-3,6-11,26H,4-5,12-16H2,1H3. The van der Waals surface area contributed by atoms with E-state index in [2.05, 4.69) is 14.4 Å². The fraction of sp³-hybridized carbons (Fsp3) is 0.409. The average Bonchev–Trinajstić information content (AvgIpc) is 3.28. The topological polar surface area (TPSA) is 79.0 Å². The second-order valence-corrected chi connectivity index (χ2v) is 9.51. The summed E-state index contributed by atoms with van der Waals surface area (Å²) in [4.78, 5) is 16.2. The van der Waals surface area contributed by atoms with Crippen LogP contribution in [0, 0.1) is 0 Å². The van der Waals surface area contributed by atoms with E-state index in [1.165, 1.54) is 0 Å². The predicted molar refractivity (Wildman–Crippen MR) is 117 cm³/mol. The molecule has 1 fully saturated rings. The summed E-state index contributed by atoms with van der Waals surface area (Å²) < 4.78 is 67.4. The molecule has 0 unspecified atom stereocenters. The van der Waals surface area contributed by atoms with Gasteiger partial charge in [0.1, 0.15) is 5.75 Å². The molecule has 1 amide bonds. The number of hydrogen-bond acceptors (Lipinski definition) is 5. The van der Waals surface area contributed by atoms with Gasteiger partial charge in [0.15, 0.2) is 0 Å². The molecule has 0 aromatic heterocycles. The van der Waals surface area contributed by atoms with E-state index in [1.54, 1.807) is 11.9 Å². The van der Waals surface area contributed by atoms with Crippen LogP contribution < -0.4 is 14.4 Å². The SMILES string of the molecule is CN(Cc1ccccc1N1CCCC1)C(=O)CCNS(=O)(=O)c1ccc(OC(F)(F)F)cc1. The van der Waals surface area contributed by atoms with E-state index in [-0.39, 0.29) is 23.8 Å². The zero-order valence-electron chi connectivity index (χ0n) is 18.1. The zero-order valence-corrected chi connectivity index (χ0v) is 19.0. The van der Waals surface area contributed by atoms with Crippen molar-refractivity contribution in [1.29, 1.82) is 0 Å². The number of rotatable bonds is 9. The summed E-state index contributed by atoms with van der Waals surface area (Å²) in [7, 11) is -2.32. The summed E-state index contributed by atoms with van der Waals surface area (Å²) in [6, 6.07) is 11.8. The van der Waals surface area contributed by atoms with Crippen LogP contribution >= 0.6 is 0 Å². The average molecular weight is 486 g/mol. The highest BCUT2D eigenvalue weighted by Gasteiger charge is 2.31. The number of para-hydroxylation sites is 1. The van der Waals surface area contributed by atoms with E-state index >= 15 is 0 Å². The summed E-state index contributed by atoms with van der Waals surface area (Å²) in [6.45, 7) is 2.23. The van der Waals surface area contributed by atoms with Gasteiger partial charge < -0.3 is 14.5 Å². The smallest absolute Gasteiger partial charge is 0.406 e.